The topological polar surface area (TPSA) is 97.6 Å². The van der Waals surface area contributed by atoms with Crippen molar-refractivity contribution in [1.82, 2.24) is 20.2 Å². The average Bonchev–Trinajstić information content (AvgIpc) is 3.13. The molecule has 1 aromatic heterocycles. The van der Waals surface area contributed by atoms with E-state index in [0.717, 1.165) is 0 Å². The highest BCUT2D eigenvalue weighted by Crippen LogP contribution is 2.35. The van der Waals surface area contributed by atoms with E-state index in [1.165, 1.54) is 0 Å². The third-order valence-electron chi connectivity index (χ3n) is 3.70. The van der Waals surface area contributed by atoms with Gasteiger partial charge in [0, 0.05) is 18.9 Å². The van der Waals surface area contributed by atoms with E-state index in [4.69, 9.17) is 9.47 Å². The van der Waals surface area contributed by atoms with Crippen LogP contribution in [-0.2, 0) is 9.47 Å². The van der Waals surface area contributed by atoms with E-state index in [1.54, 1.807) is 29.4 Å². The Morgan fingerprint density at radius 3 is 3.19 bits per heavy atom. The number of hydrogen-bond donors (Lipinski definition) is 3. The number of aliphatic hydroxyl groups is 1. The minimum absolute atomic E-state index is 0.333. The fourth-order valence-corrected chi connectivity index (χ4v) is 2.71. The number of aliphatic hydroxyl groups excluding tert-OH is 1. The lowest BCUT2D eigenvalue weighted by molar-refractivity contribution is -0.163. The number of urea groups is 1. The van der Waals surface area contributed by atoms with Gasteiger partial charge < -0.3 is 29.8 Å². The molecule has 2 aliphatic heterocycles. The van der Waals surface area contributed by atoms with E-state index < -0.39 is 24.5 Å². The first kappa shape index (κ1) is 14.1. The van der Waals surface area contributed by atoms with Gasteiger partial charge in [-0.05, 0) is 0 Å². The van der Waals surface area contributed by atoms with Crippen LogP contribution in [0.25, 0.3) is 0 Å². The van der Waals surface area contributed by atoms with Crippen LogP contribution in [-0.4, -0.2) is 58.4 Å². The second kappa shape index (κ2) is 5.84. The quantitative estimate of drug-likeness (QED) is 0.644. The fourth-order valence-electron chi connectivity index (χ4n) is 2.71. The number of hydrogen-bond acceptors (Lipinski definition) is 5. The van der Waals surface area contributed by atoms with Crippen molar-refractivity contribution in [1.29, 1.82) is 0 Å². The number of nitrogens with one attached hydrogen (secondary N) is 2. The Morgan fingerprint density at radius 2 is 2.48 bits per heavy atom. The third kappa shape index (κ3) is 2.65. The number of rotatable bonds is 4. The van der Waals surface area contributed by atoms with Crippen LogP contribution in [0.4, 0.5) is 4.79 Å². The van der Waals surface area contributed by atoms with E-state index in [0.29, 0.717) is 13.2 Å². The molecular formula is C13H18N4O4. The molecule has 8 heteroatoms. The van der Waals surface area contributed by atoms with E-state index in [2.05, 4.69) is 22.2 Å². The van der Waals surface area contributed by atoms with E-state index in [-0.39, 0.29) is 12.1 Å². The highest BCUT2D eigenvalue weighted by molar-refractivity contribution is 5.74. The number of ether oxygens (including phenoxy) is 2. The van der Waals surface area contributed by atoms with Gasteiger partial charge in [-0.25, -0.2) is 9.78 Å². The molecule has 0 unspecified atom stereocenters. The van der Waals surface area contributed by atoms with Crippen LogP contribution in [0.15, 0.2) is 31.4 Å². The summed E-state index contributed by atoms with van der Waals surface area (Å²) in [7, 11) is 0. The van der Waals surface area contributed by atoms with Crippen LogP contribution in [0.2, 0.25) is 0 Å². The lowest BCUT2D eigenvalue weighted by Gasteiger charge is -2.38. The van der Waals surface area contributed by atoms with Gasteiger partial charge in [0.1, 0.15) is 18.2 Å². The number of fused-ring (bicyclic) bond motifs is 2. The molecule has 0 spiro atoms. The van der Waals surface area contributed by atoms with E-state index in [9.17, 15) is 9.90 Å². The monoisotopic (exact) mass is 294 g/mol. The van der Waals surface area contributed by atoms with Crippen molar-refractivity contribution in [2.24, 2.45) is 0 Å². The molecule has 3 heterocycles. The second-order valence-corrected chi connectivity index (χ2v) is 5.04. The second-order valence-electron chi connectivity index (χ2n) is 5.04. The van der Waals surface area contributed by atoms with Crippen LogP contribution in [0.1, 0.15) is 6.04 Å². The molecule has 0 aliphatic carbocycles. The maximum absolute atomic E-state index is 11.8. The van der Waals surface area contributed by atoms with Crippen LogP contribution in [0, 0.1) is 0 Å². The molecule has 2 saturated heterocycles. The van der Waals surface area contributed by atoms with Crippen molar-refractivity contribution in [2.75, 3.05) is 13.2 Å². The maximum atomic E-state index is 11.8. The van der Waals surface area contributed by atoms with Crippen LogP contribution < -0.4 is 10.6 Å². The van der Waals surface area contributed by atoms with Crippen molar-refractivity contribution in [3.8, 4) is 0 Å². The summed E-state index contributed by atoms with van der Waals surface area (Å²) in [6, 6.07) is -1.38. The van der Waals surface area contributed by atoms with Gasteiger partial charge in [0.2, 0.25) is 0 Å². The van der Waals surface area contributed by atoms with E-state index in [1.807, 2.05) is 0 Å². The third-order valence-corrected chi connectivity index (χ3v) is 3.70. The Hall–Kier alpha value is -1.90. The predicted octanol–water partition coefficient (Wildman–Crippen LogP) is -0.606. The summed E-state index contributed by atoms with van der Waals surface area (Å²) in [6.07, 6.45) is 4.79. The molecule has 3 N–H and O–H groups in total. The largest absolute Gasteiger partial charge is 0.388 e. The molecule has 114 valence electrons. The van der Waals surface area contributed by atoms with Crippen LogP contribution >= 0.6 is 0 Å². The highest BCUT2D eigenvalue weighted by Gasteiger charge is 2.51. The summed E-state index contributed by atoms with van der Waals surface area (Å²) in [5.74, 6) is 0. The van der Waals surface area contributed by atoms with E-state index >= 15 is 0 Å². The van der Waals surface area contributed by atoms with Crippen molar-refractivity contribution < 1.29 is 19.4 Å². The van der Waals surface area contributed by atoms with Gasteiger partial charge in [-0.2, -0.15) is 0 Å². The predicted molar refractivity (Wildman–Crippen MR) is 72.4 cm³/mol. The standard InChI is InChI=1S/C13H18N4O4/c1-2-3-15-13(19)16-9-8-6-20-12(21-8)10(11(9)18)17-5-4-14-7-17/h2,4-5,7-12,18H,1,3,6H2,(H2,15,16,19)/t8-,9-,10-,11+,12-/m1/s1. The lowest BCUT2D eigenvalue weighted by Crippen LogP contribution is -2.60. The molecular weight excluding hydrogens is 276 g/mol. The first-order chi connectivity index (χ1) is 10.2. The molecule has 2 amide bonds. The average molecular weight is 294 g/mol. The van der Waals surface area contributed by atoms with Crippen LogP contribution in [0.5, 0.6) is 0 Å². The van der Waals surface area contributed by atoms with Gasteiger partial charge in [-0.3, -0.25) is 0 Å². The number of carbonyl (C=O) groups excluding carboxylic acids is 1. The number of carbonyl (C=O) groups is 1. The number of nitrogens with zero attached hydrogens (tertiary/aromatic N) is 2. The highest BCUT2D eigenvalue weighted by atomic mass is 16.7. The van der Waals surface area contributed by atoms with Gasteiger partial charge in [-0.15, -0.1) is 6.58 Å². The fraction of sp³-hybridized carbons (Fsp3) is 0.538. The lowest BCUT2D eigenvalue weighted by atomic mass is 9.96. The first-order valence-corrected chi connectivity index (χ1v) is 6.78. The van der Waals surface area contributed by atoms with Crippen molar-refractivity contribution in [3.63, 3.8) is 0 Å². The molecule has 0 aromatic carbocycles. The Kier molecular flexibility index (Phi) is 3.91. The molecule has 2 bridgehead atoms. The van der Waals surface area contributed by atoms with Crippen molar-refractivity contribution in [2.45, 2.75) is 30.6 Å². The molecule has 0 radical (unpaired) electrons. The van der Waals surface area contributed by atoms with Gasteiger partial charge in [0.25, 0.3) is 0 Å². The zero-order chi connectivity index (χ0) is 14.8. The van der Waals surface area contributed by atoms with Gasteiger partial charge >= 0.3 is 6.03 Å². The number of aromatic nitrogens is 2. The van der Waals surface area contributed by atoms with Crippen molar-refractivity contribution in [3.05, 3.63) is 31.4 Å². The minimum atomic E-state index is -0.833. The molecule has 21 heavy (non-hydrogen) atoms. The summed E-state index contributed by atoms with van der Waals surface area (Å²) in [5, 5.41) is 15.9. The molecule has 8 nitrogen and oxygen atoms in total. The summed E-state index contributed by atoms with van der Waals surface area (Å²) in [4.78, 5) is 15.8. The maximum Gasteiger partial charge on any atom is 0.315 e. The Balaban J connectivity index is 1.74. The SMILES string of the molecule is C=CCNC(=O)N[C@H]1[C@H](O)[C@@H](n2ccnc2)[C@@H]2OC[C@H]1O2. The molecule has 0 saturated carbocycles. The molecule has 2 fully saturated rings. The molecule has 3 rings (SSSR count). The number of imidazole rings is 1. The Bertz CT molecular complexity index is 506. The van der Waals surface area contributed by atoms with Crippen molar-refractivity contribution >= 4 is 6.03 Å². The molecule has 5 atom stereocenters. The van der Waals surface area contributed by atoms with Gasteiger partial charge in [0.15, 0.2) is 6.29 Å². The zero-order valence-corrected chi connectivity index (χ0v) is 11.4. The minimum Gasteiger partial charge on any atom is -0.388 e. The summed E-state index contributed by atoms with van der Waals surface area (Å²) in [6.45, 7) is 4.22. The number of amides is 2. The van der Waals surface area contributed by atoms with Gasteiger partial charge in [0.05, 0.1) is 19.0 Å². The summed E-state index contributed by atoms with van der Waals surface area (Å²) >= 11 is 0. The Labute approximate surface area is 121 Å². The smallest absolute Gasteiger partial charge is 0.315 e. The van der Waals surface area contributed by atoms with Gasteiger partial charge in [-0.1, -0.05) is 6.08 Å². The molecule has 2 aliphatic rings. The molecule has 1 aromatic rings. The summed E-state index contributed by atoms with van der Waals surface area (Å²) in [5.41, 5.74) is 0. The van der Waals surface area contributed by atoms with Crippen LogP contribution in [0.3, 0.4) is 0 Å². The first-order valence-electron chi connectivity index (χ1n) is 6.78. The zero-order valence-electron chi connectivity index (χ0n) is 11.4. The normalized spacial score (nSPS) is 34.4. The summed E-state index contributed by atoms with van der Waals surface area (Å²) < 4.78 is 13.0. The Morgan fingerprint density at radius 1 is 1.62 bits per heavy atom.